The van der Waals surface area contributed by atoms with Gasteiger partial charge in [-0.1, -0.05) is 39.7 Å². The van der Waals surface area contributed by atoms with Crippen LogP contribution in [0, 0.1) is 0 Å². The van der Waals surface area contributed by atoms with E-state index in [-0.39, 0.29) is 6.04 Å². The molecular formula is C15H15Br2ClN2O. The van der Waals surface area contributed by atoms with E-state index >= 15 is 0 Å². The first-order valence-corrected chi connectivity index (χ1v) is 8.25. The summed E-state index contributed by atoms with van der Waals surface area (Å²) in [6.07, 6.45) is 0.685. The molecule has 21 heavy (non-hydrogen) atoms. The average Bonchev–Trinajstić information content (AvgIpc) is 2.49. The van der Waals surface area contributed by atoms with Gasteiger partial charge in [0.2, 0.25) is 0 Å². The third-order valence-electron chi connectivity index (χ3n) is 3.23. The highest BCUT2D eigenvalue weighted by molar-refractivity contribution is 9.10. The molecule has 0 aliphatic heterocycles. The van der Waals surface area contributed by atoms with E-state index in [4.69, 9.17) is 22.2 Å². The van der Waals surface area contributed by atoms with Crippen LogP contribution >= 0.6 is 43.5 Å². The zero-order chi connectivity index (χ0) is 15.4. The van der Waals surface area contributed by atoms with Crippen LogP contribution in [0.2, 0.25) is 5.02 Å². The number of methoxy groups -OCH3 is 1. The molecule has 0 radical (unpaired) electrons. The fourth-order valence-corrected chi connectivity index (χ4v) is 3.15. The highest BCUT2D eigenvalue weighted by Gasteiger charge is 2.17. The first-order chi connectivity index (χ1) is 10.1. The Morgan fingerprint density at radius 2 is 2.00 bits per heavy atom. The molecule has 2 aromatic carbocycles. The van der Waals surface area contributed by atoms with Crippen molar-refractivity contribution in [2.75, 3.05) is 7.11 Å². The minimum absolute atomic E-state index is 0.0987. The van der Waals surface area contributed by atoms with Crippen LogP contribution in [0.25, 0.3) is 0 Å². The Labute approximate surface area is 146 Å². The summed E-state index contributed by atoms with van der Waals surface area (Å²) in [6.45, 7) is 0. The normalized spacial score (nSPS) is 12.2. The molecule has 3 nitrogen and oxygen atoms in total. The van der Waals surface area contributed by atoms with Crippen molar-refractivity contribution in [3.8, 4) is 5.75 Å². The fourth-order valence-electron chi connectivity index (χ4n) is 2.10. The van der Waals surface area contributed by atoms with Crippen molar-refractivity contribution in [1.29, 1.82) is 0 Å². The Morgan fingerprint density at radius 3 is 2.67 bits per heavy atom. The molecule has 0 spiro atoms. The second-order valence-electron chi connectivity index (χ2n) is 4.52. The predicted octanol–water partition coefficient (Wildman–Crippen LogP) is 4.62. The first kappa shape index (κ1) is 16.8. The van der Waals surface area contributed by atoms with Crippen molar-refractivity contribution in [2.24, 2.45) is 5.84 Å². The molecule has 112 valence electrons. The molecule has 0 saturated carbocycles. The Morgan fingerprint density at radius 1 is 1.24 bits per heavy atom. The number of hydrogen-bond acceptors (Lipinski definition) is 3. The lowest BCUT2D eigenvalue weighted by Gasteiger charge is -2.19. The van der Waals surface area contributed by atoms with Crippen LogP contribution < -0.4 is 16.0 Å². The summed E-state index contributed by atoms with van der Waals surface area (Å²) < 4.78 is 7.13. The van der Waals surface area contributed by atoms with E-state index in [1.807, 2.05) is 36.4 Å². The quantitative estimate of drug-likeness (QED) is 0.533. The summed E-state index contributed by atoms with van der Waals surface area (Å²) in [6, 6.07) is 11.6. The second-order valence-corrected chi connectivity index (χ2v) is 6.61. The van der Waals surface area contributed by atoms with Gasteiger partial charge in [-0.05, 0) is 57.7 Å². The lowest BCUT2D eigenvalue weighted by atomic mass is 9.99. The van der Waals surface area contributed by atoms with Crippen molar-refractivity contribution in [3.05, 3.63) is 61.5 Å². The van der Waals surface area contributed by atoms with Crippen molar-refractivity contribution in [1.82, 2.24) is 5.43 Å². The van der Waals surface area contributed by atoms with Gasteiger partial charge in [-0.25, -0.2) is 0 Å². The van der Waals surface area contributed by atoms with Crippen molar-refractivity contribution in [2.45, 2.75) is 12.5 Å². The molecule has 0 aliphatic carbocycles. The van der Waals surface area contributed by atoms with Crippen LogP contribution in [-0.2, 0) is 6.42 Å². The van der Waals surface area contributed by atoms with Gasteiger partial charge in [-0.3, -0.25) is 11.3 Å². The maximum Gasteiger partial charge on any atom is 0.119 e. The van der Waals surface area contributed by atoms with Gasteiger partial charge in [-0.15, -0.1) is 0 Å². The maximum absolute atomic E-state index is 6.35. The van der Waals surface area contributed by atoms with Crippen molar-refractivity contribution < 1.29 is 4.74 Å². The molecule has 1 atom stereocenters. The first-order valence-electron chi connectivity index (χ1n) is 6.29. The zero-order valence-corrected chi connectivity index (χ0v) is 15.3. The van der Waals surface area contributed by atoms with Gasteiger partial charge in [0.1, 0.15) is 5.75 Å². The van der Waals surface area contributed by atoms with E-state index < -0.39 is 0 Å². The SMILES string of the molecule is COc1ccc(Br)c(CC(NN)c2cccc(Br)c2Cl)c1. The predicted molar refractivity (Wildman–Crippen MR) is 93.6 cm³/mol. The van der Waals surface area contributed by atoms with Crippen LogP contribution in [0.1, 0.15) is 17.2 Å². The summed E-state index contributed by atoms with van der Waals surface area (Å²) in [4.78, 5) is 0. The zero-order valence-electron chi connectivity index (χ0n) is 11.4. The molecule has 0 aliphatic rings. The number of halogens is 3. The number of ether oxygens (including phenoxy) is 1. The number of hydrogen-bond donors (Lipinski definition) is 2. The van der Waals surface area contributed by atoms with E-state index in [9.17, 15) is 0 Å². The molecule has 0 saturated heterocycles. The van der Waals surface area contributed by atoms with Crippen LogP contribution in [0.15, 0.2) is 45.3 Å². The number of rotatable bonds is 5. The van der Waals surface area contributed by atoms with Crippen molar-refractivity contribution in [3.63, 3.8) is 0 Å². The van der Waals surface area contributed by atoms with Gasteiger partial charge >= 0.3 is 0 Å². The number of nitrogens with two attached hydrogens (primary N) is 1. The lowest BCUT2D eigenvalue weighted by Crippen LogP contribution is -2.30. The third-order valence-corrected chi connectivity index (χ3v) is 5.32. The van der Waals surface area contributed by atoms with Gasteiger partial charge in [0.05, 0.1) is 18.2 Å². The standard InChI is InChI=1S/C15H15Br2ClN2O/c1-21-10-5-6-12(16)9(7-10)8-14(20-19)11-3-2-4-13(17)15(11)18/h2-7,14,20H,8,19H2,1H3. The summed E-state index contributed by atoms with van der Waals surface area (Å²) in [7, 11) is 1.65. The monoisotopic (exact) mass is 432 g/mol. The van der Waals surface area contributed by atoms with E-state index in [0.717, 1.165) is 25.8 Å². The highest BCUT2D eigenvalue weighted by atomic mass is 79.9. The number of nitrogens with one attached hydrogen (secondary N) is 1. The van der Waals surface area contributed by atoms with E-state index in [1.54, 1.807) is 7.11 Å². The second kappa shape index (κ2) is 7.61. The Bertz CT molecular complexity index is 637. The molecule has 0 fully saturated rings. The molecule has 0 bridgehead atoms. The van der Waals surface area contributed by atoms with Gasteiger partial charge in [0.25, 0.3) is 0 Å². The van der Waals surface area contributed by atoms with Crippen LogP contribution in [0.5, 0.6) is 5.75 Å². The van der Waals surface area contributed by atoms with E-state index in [0.29, 0.717) is 11.4 Å². The molecule has 3 N–H and O–H groups in total. The molecule has 6 heteroatoms. The largest absolute Gasteiger partial charge is 0.497 e. The Balaban J connectivity index is 2.33. The van der Waals surface area contributed by atoms with E-state index in [2.05, 4.69) is 37.3 Å². The molecule has 0 aromatic heterocycles. The summed E-state index contributed by atoms with van der Waals surface area (Å²) in [5.41, 5.74) is 4.87. The average molecular weight is 435 g/mol. The lowest BCUT2D eigenvalue weighted by molar-refractivity contribution is 0.413. The summed E-state index contributed by atoms with van der Waals surface area (Å²) in [5.74, 6) is 6.53. The number of benzene rings is 2. The molecule has 0 heterocycles. The topological polar surface area (TPSA) is 47.3 Å². The summed E-state index contributed by atoms with van der Waals surface area (Å²) in [5, 5.41) is 0.666. The van der Waals surface area contributed by atoms with Gasteiger partial charge < -0.3 is 4.74 Å². The van der Waals surface area contributed by atoms with Crippen LogP contribution in [0.4, 0.5) is 0 Å². The van der Waals surface area contributed by atoms with Gasteiger partial charge in [0.15, 0.2) is 0 Å². The molecule has 0 amide bonds. The van der Waals surface area contributed by atoms with Crippen molar-refractivity contribution >= 4 is 43.5 Å². The van der Waals surface area contributed by atoms with Crippen LogP contribution in [0.3, 0.4) is 0 Å². The highest BCUT2D eigenvalue weighted by Crippen LogP contribution is 2.33. The molecule has 1 unspecified atom stereocenters. The third kappa shape index (κ3) is 3.99. The minimum Gasteiger partial charge on any atom is -0.497 e. The Kier molecular flexibility index (Phi) is 6.08. The number of hydrazine groups is 1. The molecule has 2 rings (SSSR count). The van der Waals surface area contributed by atoms with Gasteiger partial charge in [-0.2, -0.15) is 0 Å². The summed E-state index contributed by atoms with van der Waals surface area (Å²) >= 11 is 13.3. The van der Waals surface area contributed by atoms with E-state index in [1.165, 1.54) is 0 Å². The Hall–Kier alpha value is -0.590. The maximum atomic E-state index is 6.35. The molecular weight excluding hydrogens is 419 g/mol. The van der Waals surface area contributed by atoms with Crippen LogP contribution in [-0.4, -0.2) is 7.11 Å². The minimum atomic E-state index is -0.0987. The van der Waals surface area contributed by atoms with Gasteiger partial charge in [0, 0.05) is 8.95 Å². The fraction of sp³-hybridized carbons (Fsp3) is 0.200. The smallest absolute Gasteiger partial charge is 0.119 e. The molecule has 2 aromatic rings.